The molecule has 0 saturated heterocycles. The topological polar surface area (TPSA) is 58.2 Å². The van der Waals surface area contributed by atoms with Crippen molar-refractivity contribution in [2.24, 2.45) is 16.2 Å². The van der Waals surface area contributed by atoms with Gasteiger partial charge in [-0.05, 0) is 145 Å². The van der Waals surface area contributed by atoms with Crippen molar-refractivity contribution in [3.63, 3.8) is 0 Å². The van der Waals surface area contributed by atoms with Gasteiger partial charge in [0.1, 0.15) is 0 Å². The van der Waals surface area contributed by atoms with Gasteiger partial charge in [-0.25, -0.2) is 0 Å². The Labute approximate surface area is 363 Å². The highest BCUT2D eigenvalue weighted by molar-refractivity contribution is 5.78. The van der Waals surface area contributed by atoms with E-state index in [1.165, 1.54) is 89.9 Å². The van der Waals surface area contributed by atoms with E-state index in [0.29, 0.717) is 29.1 Å². The summed E-state index contributed by atoms with van der Waals surface area (Å²) in [6, 6.07) is 0. The second kappa shape index (κ2) is 26.9. The standard InChI is InChI=1S/C29H47NO.C26H41NO/c1-5-6-7-8-9-10-11-12-13-14-15-16-17-18-19-20-21-22-26(31)30-29-23-28(24-29,25-29)27(2,3)4;1-3-4-5-6-7-8-9-10-11-12-13-14-15-16-17-18-19-20-24(28)27-26-21-25(2,22-26)23-26/h9-10,12-13,15-16,18-19H,5-8,11,14,17,20-25H2,1-4H3,(H,30,31);7-8,10-11,13-14,16-17H,3-6,9,12,15,18-23H2,1-2H3,(H,27,28)/b10-9-,13-12-,16-15-,19-18-;8-7-,11-10-,14-13-,17-16-. The molecule has 2 amide bonds. The Morgan fingerprint density at radius 3 is 1.02 bits per heavy atom. The van der Waals surface area contributed by atoms with Crippen LogP contribution in [0.3, 0.4) is 0 Å². The lowest BCUT2D eigenvalue weighted by molar-refractivity contribution is -0.217. The summed E-state index contributed by atoms with van der Waals surface area (Å²) in [5.41, 5.74) is 1.79. The van der Waals surface area contributed by atoms with Gasteiger partial charge >= 0.3 is 0 Å². The number of unbranched alkanes of at least 4 members (excludes halogenated alkanes) is 8. The molecule has 4 heteroatoms. The van der Waals surface area contributed by atoms with Crippen LogP contribution < -0.4 is 10.6 Å². The molecule has 6 fully saturated rings. The average Bonchev–Trinajstić information content (AvgIpc) is 3.13. The van der Waals surface area contributed by atoms with Crippen LogP contribution in [-0.4, -0.2) is 22.9 Å². The molecule has 0 atom stereocenters. The third kappa shape index (κ3) is 19.0. The molecule has 4 nitrogen and oxygen atoms in total. The highest BCUT2D eigenvalue weighted by Gasteiger charge is 2.72. The van der Waals surface area contributed by atoms with Crippen molar-refractivity contribution in [2.75, 3.05) is 0 Å². The molecule has 0 aromatic heterocycles. The van der Waals surface area contributed by atoms with Crippen molar-refractivity contribution >= 4 is 11.8 Å². The van der Waals surface area contributed by atoms with Crippen LogP contribution in [0.2, 0.25) is 0 Å². The number of rotatable bonds is 30. The monoisotopic (exact) mass is 809 g/mol. The largest absolute Gasteiger partial charge is 0.351 e. The second-order valence-corrected chi connectivity index (χ2v) is 20.0. The smallest absolute Gasteiger partial charge is 0.220 e. The van der Waals surface area contributed by atoms with Gasteiger partial charge in [0.05, 0.1) is 0 Å². The second-order valence-electron chi connectivity index (χ2n) is 20.0. The van der Waals surface area contributed by atoms with Gasteiger partial charge in [0.15, 0.2) is 0 Å². The summed E-state index contributed by atoms with van der Waals surface area (Å²) in [4.78, 5) is 24.2. The van der Waals surface area contributed by atoms with E-state index in [1.54, 1.807) is 0 Å². The summed E-state index contributed by atoms with van der Waals surface area (Å²) < 4.78 is 0. The first-order chi connectivity index (χ1) is 28.4. The molecule has 6 saturated carbocycles. The third-order valence-corrected chi connectivity index (χ3v) is 13.2. The molecular weight excluding hydrogens is 721 g/mol. The normalized spacial score (nSPS) is 25.9. The molecule has 0 aromatic carbocycles. The molecule has 59 heavy (non-hydrogen) atoms. The molecule has 0 aromatic rings. The number of carbonyl (C=O) groups excluding carboxylic acids is 2. The SMILES string of the molecule is CCCCC/C=C\C/C=C\C/C=C\C/C=C\CCCC(=O)NC12CC(C(C)(C)C)(C1)C2.CCCCC/C=C\C/C=C\C/C=C\C/C=C\CCCC(=O)NC12CC(C)(C1)C2. The number of hydrogen-bond acceptors (Lipinski definition) is 2. The van der Waals surface area contributed by atoms with Gasteiger partial charge in [-0.1, -0.05) is 164 Å². The minimum absolute atomic E-state index is 0.157. The fourth-order valence-corrected chi connectivity index (χ4v) is 9.74. The zero-order valence-electron chi connectivity index (χ0n) is 38.9. The Hall–Kier alpha value is -3.14. The van der Waals surface area contributed by atoms with Crippen LogP contribution >= 0.6 is 0 Å². The fourth-order valence-electron chi connectivity index (χ4n) is 9.74. The maximum Gasteiger partial charge on any atom is 0.220 e. The van der Waals surface area contributed by atoms with E-state index in [4.69, 9.17) is 0 Å². The van der Waals surface area contributed by atoms with Crippen LogP contribution in [0.15, 0.2) is 97.2 Å². The van der Waals surface area contributed by atoms with Crippen molar-refractivity contribution < 1.29 is 9.59 Å². The molecule has 4 bridgehead atoms. The Morgan fingerprint density at radius 2 is 0.729 bits per heavy atom. The van der Waals surface area contributed by atoms with Crippen molar-refractivity contribution in [3.8, 4) is 0 Å². The molecular formula is C55H88N2O2. The van der Waals surface area contributed by atoms with Crippen molar-refractivity contribution in [1.29, 1.82) is 0 Å². The number of hydrogen-bond donors (Lipinski definition) is 2. The van der Waals surface area contributed by atoms with Gasteiger partial charge in [0, 0.05) is 23.9 Å². The Bertz CT molecular complexity index is 1420. The Kier molecular flexibility index (Phi) is 22.9. The van der Waals surface area contributed by atoms with Crippen molar-refractivity contribution in [3.05, 3.63) is 97.2 Å². The number of amides is 2. The Morgan fingerprint density at radius 1 is 0.441 bits per heavy atom. The molecule has 0 spiro atoms. The van der Waals surface area contributed by atoms with Gasteiger partial charge < -0.3 is 10.6 Å². The number of nitrogens with one attached hydrogen (secondary N) is 2. The van der Waals surface area contributed by atoms with Crippen LogP contribution in [0.1, 0.15) is 208 Å². The first kappa shape index (κ1) is 50.2. The van der Waals surface area contributed by atoms with Crippen LogP contribution in [0.25, 0.3) is 0 Å². The van der Waals surface area contributed by atoms with Crippen LogP contribution in [0, 0.1) is 16.2 Å². The quantitative estimate of drug-likeness (QED) is 0.0561. The minimum Gasteiger partial charge on any atom is -0.351 e. The molecule has 2 N–H and O–H groups in total. The highest BCUT2D eigenvalue weighted by Crippen LogP contribution is 2.74. The summed E-state index contributed by atoms with van der Waals surface area (Å²) in [7, 11) is 0. The molecule has 6 aliphatic rings. The molecule has 6 aliphatic carbocycles. The van der Waals surface area contributed by atoms with E-state index >= 15 is 0 Å². The lowest BCUT2D eigenvalue weighted by atomic mass is 9.33. The van der Waals surface area contributed by atoms with Gasteiger partial charge in [-0.3, -0.25) is 9.59 Å². The van der Waals surface area contributed by atoms with Gasteiger partial charge in [-0.15, -0.1) is 0 Å². The predicted molar refractivity (Wildman–Crippen MR) is 256 cm³/mol. The molecule has 6 rings (SSSR count). The average molecular weight is 809 g/mol. The molecule has 0 heterocycles. The first-order valence-corrected chi connectivity index (χ1v) is 24.2. The Balaban J connectivity index is 0.000000317. The van der Waals surface area contributed by atoms with Crippen LogP contribution in [-0.2, 0) is 9.59 Å². The molecule has 330 valence electrons. The first-order valence-electron chi connectivity index (χ1n) is 24.2. The number of allylic oxidation sites excluding steroid dienone is 16. The molecule has 0 unspecified atom stereocenters. The van der Waals surface area contributed by atoms with Gasteiger partial charge in [-0.2, -0.15) is 0 Å². The maximum absolute atomic E-state index is 12.2. The van der Waals surface area contributed by atoms with E-state index < -0.39 is 0 Å². The fraction of sp³-hybridized carbons (Fsp3) is 0.673. The summed E-state index contributed by atoms with van der Waals surface area (Å²) >= 11 is 0. The molecule has 0 radical (unpaired) electrons. The lowest BCUT2D eigenvalue weighted by Crippen LogP contribution is -2.77. The predicted octanol–water partition coefficient (Wildman–Crippen LogP) is 15.4. The summed E-state index contributed by atoms with van der Waals surface area (Å²) in [6.07, 6.45) is 64.7. The van der Waals surface area contributed by atoms with E-state index in [1.807, 2.05) is 0 Å². The minimum atomic E-state index is 0.157. The van der Waals surface area contributed by atoms with Gasteiger partial charge in [0.25, 0.3) is 0 Å². The van der Waals surface area contributed by atoms with E-state index in [0.717, 1.165) is 64.2 Å². The lowest BCUT2D eigenvalue weighted by Gasteiger charge is -2.75. The van der Waals surface area contributed by atoms with Crippen LogP contribution in [0.5, 0.6) is 0 Å². The van der Waals surface area contributed by atoms with Crippen molar-refractivity contribution in [2.45, 2.75) is 220 Å². The maximum atomic E-state index is 12.2. The van der Waals surface area contributed by atoms with E-state index in [2.05, 4.69) is 149 Å². The summed E-state index contributed by atoms with van der Waals surface area (Å²) in [5, 5.41) is 6.58. The molecule has 0 aliphatic heterocycles. The number of carbonyl (C=O) groups is 2. The zero-order chi connectivity index (χ0) is 42.8. The van der Waals surface area contributed by atoms with Crippen molar-refractivity contribution in [1.82, 2.24) is 10.6 Å². The van der Waals surface area contributed by atoms with E-state index in [-0.39, 0.29) is 22.9 Å². The van der Waals surface area contributed by atoms with Gasteiger partial charge in [0.2, 0.25) is 11.8 Å². The summed E-state index contributed by atoms with van der Waals surface area (Å²) in [6.45, 7) is 13.8. The third-order valence-electron chi connectivity index (χ3n) is 13.2. The zero-order valence-corrected chi connectivity index (χ0v) is 38.9. The summed E-state index contributed by atoms with van der Waals surface area (Å²) in [5.74, 6) is 0.496. The van der Waals surface area contributed by atoms with Crippen LogP contribution in [0.4, 0.5) is 0 Å². The highest BCUT2D eigenvalue weighted by atomic mass is 16.2. The van der Waals surface area contributed by atoms with E-state index in [9.17, 15) is 9.59 Å².